The van der Waals surface area contributed by atoms with Gasteiger partial charge in [-0.2, -0.15) is 0 Å². The van der Waals surface area contributed by atoms with Crippen molar-refractivity contribution in [3.05, 3.63) is 30.5 Å². The van der Waals surface area contributed by atoms with Crippen LogP contribution in [0.15, 0.2) is 30.5 Å². The van der Waals surface area contributed by atoms with Crippen molar-refractivity contribution in [1.82, 2.24) is 4.98 Å². The summed E-state index contributed by atoms with van der Waals surface area (Å²) in [5, 5.41) is 4.93. The first-order chi connectivity index (χ1) is 7.43. The van der Waals surface area contributed by atoms with Gasteiger partial charge in [-0.25, -0.2) is 0 Å². The van der Waals surface area contributed by atoms with Crippen molar-refractivity contribution in [3.8, 4) is 0 Å². The van der Waals surface area contributed by atoms with E-state index in [0.29, 0.717) is 6.04 Å². The SMILES string of the molecule is c1cc(NC2CCCC2)c2[nH]ccc2c1. The Morgan fingerprint density at radius 1 is 1.13 bits per heavy atom. The number of aromatic amines is 1. The fourth-order valence-electron chi connectivity index (χ4n) is 2.50. The summed E-state index contributed by atoms with van der Waals surface area (Å²) < 4.78 is 0. The fourth-order valence-corrected chi connectivity index (χ4v) is 2.50. The molecule has 15 heavy (non-hydrogen) atoms. The highest BCUT2D eigenvalue weighted by Gasteiger charge is 2.15. The molecule has 1 heterocycles. The van der Waals surface area contributed by atoms with Gasteiger partial charge in [0.05, 0.1) is 11.2 Å². The maximum absolute atomic E-state index is 3.64. The molecule has 1 saturated carbocycles. The molecule has 2 aromatic rings. The fraction of sp³-hybridized carbons (Fsp3) is 0.385. The van der Waals surface area contributed by atoms with E-state index in [0.717, 1.165) is 0 Å². The number of H-pyrrole nitrogens is 1. The van der Waals surface area contributed by atoms with E-state index in [9.17, 15) is 0 Å². The molecule has 0 radical (unpaired) electrons. The lowest BCUT2D eigenvalue weighted by atomic mass is 10.2. The molecule has 2 heteroatoms. The van der Waals surface area contributed by atoms with Gasteiger partial charge in [0.15, 0.2) is 0 Å². The minimum absolute atomic E-state index is 0.680. The van der Waals surface area contributed by atoms with Gasteiger partial charge in [-0.1, -0.05) is 25.0 Å². The van der Waals surface area contributed by atoms with Gasteiger partial charge in [-0.05, 0) is 25.0 Å². The van der Waals surface area contributed by atoms with Crippen molar-refractivity contribution >= 4 is 16.6 Å². The Morgan fingerprint density at radius 3 is 2.87 bits per heavy atom. The Hall–Kier alpha value is -1.44. The standard InChI is InChI=1S/C13H16N2/c1-2-6-11(5-1)15-12-7-3-4-10-8-9-14-13(10)12/h3-4,7-9,11,14-15H,1-2,5-6H2. The van der Waals surface area contributed by atoms with Crippen molar-refractivity contribution in [3.63, 3.8) is 0 Å². The highest BCUT2D eigenvalue weighted by atomic mass is 14.9. The summed E-state index contributed by atoms with van der Waals surface area (Å²) in [5.41, 5.74) is 2.49. The molecular weight excluding hydrogens is 184 g/mol. The maximum atomic E-state index is 3.64. The van der Waals surface area contributed by atoms with Crippen molar-refractivity contribution in [2.24, 2.45) is 0 Å². The van der Waals surface area contributed by atoms with Crippen LogP contribution in [0.4, 0.5) is 5.69 Å². The largest absolute Gasteiger partial charge is 0.381 e. The number of nitrogens with one attached hydrogen (secondary N) is 2. The molecular formula is C13H16N2. The molecule has 2 nitrogen and oxygen atoms in total. The predicted molar refractivity (Wildman–Crippen MR) is 64.2 cm³/mol. The zero-order valence-electron chi connectivity index (χ0n) is 8.79. The van der Waals surface area contributed by atoms with Crippen LogP contribution in [0.5, 0.6) is 0 Å². The van der Waals surface area contributed by atoms with Gasteiger partial charge in [0.25, 0.3) is 0 Å². The monoisotopic (exact) mass is 200 g/mol. The van der Waals surface area contributed by atoms with Crippen molar-refractivity contribution in [2.45, 2.75) is 31.7 Å². The van der Waals surface area contributed by atoms with Gasteiger partial charge in [0.2, 0.25) is 0 Å². The Balaban J connectivity index is 1.92. The smallest absolute Gasteiger partial charge is 0.0689 e. The number of hydrogen-bond donors (Lipinski definition) is 2. The third-order valence-electron chi connectivity index (χ3n) is 3.30. The van der Waals surface area contributed by atoms with Gasteiger partial charge in [0, 0.05) is 17.6 Å². The van der Waals surface area contributed by atoms with E-state index >= 15 is 0 Å². The van der Waals surface area contributed by atoms with E-state index in [1.54, 1.807) is 0 Å². The molecule has 0 unspecified atom stereocenters. The molecule has 3 rings (SSSR count). The molecule has 78 valence electrons. The molecule has 1 aromatic heterocycles. The normalized spacial score (nSPS) is 17.3. The van der Waals surface area contributed by atoms with E-state index in [-0.39, 0.29) is 0 Å². The number of para-hydroxylation sites is 1. The van der Waals surface area contributed by atoms with Crippen molar-refractivity contribution in [2.75, 3.05) is 5.32 Å². The molecule has 1 aliphatic carbocycles. The van der Waals surface area contributed by atoms with E-state index in [1.807, 2.05) is 6.20 Å². The summed E-state index contributed by atoms with van der Waals surface area (Å²) >= 11 is 0. The maximum Gasteiger partial charge on any atom is 0.0689 e. The molecule has 0 atom stereocenters. The van der Waals surface area contributed by atoms with E-state index in [1.165, 1.54) is 42.3 Å². The van der Waals surface area contributed by atoms with Gasteiger partial charge < -0.3 is 10.3 Å². The van der Waals surface area contributed by atoms with Crippen LogP contribution in [0.1, 0.15) is 25.7 Å². The van der Waals surface area contributed by atoms with Crippen LogP contribution < -0.4 is 5.32 Å². The first-order valence-corrected chi connectivity index (χ1v) is 5.76. The zero-order chi connectivity index (χ0) is 10.1. The van der Waals surface area contributed by atoms with Gasteiger partial charge in [-0.15, -0.1) is 0 Å². The second kappa shape index (κ2) is 3.61. The third-order valence-corrected chi connectivity index (χ3v) is 3.30. The molecule has 0 spiro atoms. The second-order valence-electron chi connectivity index (χ2n) is 4.37. The number of anilines is 1. The van der Waals surface area contributed by atoms with E-state index in [4.69, 9.17) is 0 Å². The van der Waals surface area contributed by atoms with Crippen LogP contribution in [-0.2, 0) is 0 Å². The summed E-state index contributed by atoms with van der Waals surface area (Å²) in [4.78, 5) is 3.30. The molecule has 0 bridgehead atoms. The molecule has 0 amide bonds. The number of aromatic nitrogens is 1. The van der Waals surface area contributed by atoms with Crippen LogP contribution in [0.2, 0.25) is 0 Å². The summed E-state index contributed by atoms with van der Waals surface area (Å²) in [7, 11) is 0. The first-order valence-electron chi connectivity index (χ1n) is 5.76. The van der Waals surface area contributed by atoms with Crippen LogP contribution in [0.25, 0.3) is 10.9 Å². The predicted octanol–water partition coefficient (Wildman–Crippen LogP) is 3.52. The number of fused-ring (bicyclic) bond motifs is 1. The molecule has 1 aromatic carbocycles. The van der Waals surface area contributed by atoms with Crippen LogP contribution >= 0.6 is 0 Å². The third kappa shape index (κ3) is 1.60. The van der Waals surface area contributed by atoms with Crippen LogP contribution in [0.3, 0.4) is 0 Å². The summed E-state index contributed by atoms with van der Waals surface area (Å²) in [6.45, 7) is 0. The van der Waals surface area contributed by atoms with Crippen molar-refractivity contribution < 1.29 is 0 Å². The minimum Gasteiger partial charge on any atom is -0.381 e. The minimum atomic E-state index is 0.680. The zero-order valence-corrected chi connectivity index (χ0v) is 8.79. The average Bonchev–Trinajstić information content (AvgIpc) is 2.87. The Bertz CT molecular complexity index is 452. The molecule has 2 N–H and O–H groups in total. The lowest BCUT2D eigenvalue weighted by molar-refractivity contribution is 0.756. The van der Waals surface area contributed by atoms with Crippen LogP contribution in [0, 0.1) is 0 Å². The lowest BCUT2D eigenvalue weighted by Gasteiger charge is -2.14. The number of benzene rings is 1. The Morgan fingerprint density at radius 2 is 2.00 bits per heavy atom. The van der Waals surface area contributed by atoms with Gasteiger partial charge >= 0.3 is 0 Å². The molecule has 0 aliphatic heterocycles. The Kier molecular flexibility index (Phi) is 2.13. The van der Waals surface area contributed by atoms with E-state index < -0.39 is 0 Å². The molecule has 1 aliphatic rings. The molecule has 1 fully saturated rings. The van der Waals surface area contributed by atoms with Crippen molar-refractivity contribution in [1.29, 1.82) is 0 Å². The summed E-state index contributed by atoms with van der Waals surface area (Å²) in [5.74, 6) is 0. The quantitative estimate of drug-likeness (QED) is 0.762. The Labute approximate surface area is 89.7 Å². The second-order valence-corrected chi connectivity index (χ2v) is 4.37. The average molecular weight is 200 g/mol. The lowest BCUT2D eigenvalue weighted by Crippen LogP contribution is -2.14. The molecule has 0 saturated heterocycles. The summed E-state index contributed by atoms with van der Waals surface area (Å²) in [6, 6.07) is 9.23. The summed E-state index contributed by atoms with van der Waals surface area (Å²) in [6.07, 6.45) is 7.38. The number of hydrogen-bond acceptors (Lipinski definition) is 1. The topological polar surface area (TPSA) is 27.8 Å². The first kappa shape index (κ1) is 8.84. The number of rotatable bonds is 2. The van der Waals surface area contributed by atoms with E-state index in [2.05, 4.69) is 34.6 Å². The van der Waals surface area contributed by atoms with Crippen LogP contribution in [-0.4, -0.2) is 11.0 Å². The van der Waals surface area contributed by atoms with Gasteiger partial charge in [0.1, 0.15) is 0 Å². The highest BCUT2D eigenvalue weighted by Crippen LogP contribution is 2.26. The van der Waals surface area contributed by atoms with Gasteiger partial charge in [-0.3, -0.25) is 0 Å². The highest BCUT2D eigenvalue weighted by molar-refractivity contribution is 5.90.